The molecule has 7 aromatic carbocycles. The predicted molar refractivity (Wildman–Crippen MR) is 530 cm³/mol. The van der Waals surface area contributed by atoms with Crippen LogP contribution in [0.5, 0.6) is 5.75 Å². The van der Waals surface area contributed by atoms with E-state index in [1.54, 1.807) is 75.6 Å². The van der Waals surface area contributed by atoms with E-state index in [-0.39, 0.29) is 33.6 Å². The van der Waals surface area contributed by atoms with Gasteiger partial charge in [-0.1, -0.05) is 91.8 Å². The fraction of sp³-hybridized carbons (Fsp3) is 0.340. The van der Waals surface area contributed by atoms with Crippen molar-refractivity contribution in [1.29, 1.82) is 0 Å². The molecule has 0 aliphatic carbocycles. The Morgan fingerprint density at radius 2 is 0.865 bits per heavy atom. The molecule has 21 rings (SSSR count). The highest BCUT2D eigenvalue weighted by molar-refractivity contribution is 7.90. The van der Waals surface area contributed by atoms with Crippen LogP contribution in [0.2, 0.25) is 0 Å². The van der Waals surface area contributed by atoms with Crippen LogP contribution in [-0.2, 0) is 77.3 Å². The molecule has 4 saturated heterocycles. The number of morpholine rings is 4. The van der Waals surface area contributed by atoms with Crippen molar-refractivity contribution in [3.05, 3.63) is 232 Å². The number of hydrogen-bond donors (Lipinski definition) is 13. The second kappa shape index (κ2) is 42.8. The van der Waals surface area contributed by atoms with E-state index in [0.717, 1.165) is 200 Å². The van der Waals surface area contributed by atoms with Crippen molar-refractivity contribution < 1.29 is 65.3 Å². The summed E-state index contributed by atoms with van der Waals surface area (Å²) in [5.74, 6) is 2.55. The van der Waals surface area contributed by atoms with E-state index >= 15 is 0 Å². The number of alkyl carbamates (subject to hydrolysis) is 1. The Bertz CT molecular complexity index is 7240. The van der Waals surface area contributed by atoms with Gasteiger partial charge in [-0.3, -0.25) is 59.2 Å². The summed E-state index contributed by atoms with van der Waals surface area (Å²) >= 11 is 0. The molecule has 141 heavy (non-hydrogen) atoms. The van der Waals surface area contributed by atoms with Crippen molar-refractivity contribution in [3.8, 4) is 51.8 Å². The zero-order chi connectivity index (χ0) is 97.9. The van der Waals surface area contributed by atoms with Crippen LogP contribution in [0.25, 0.3) is 90.2 Å². The molecule has 732 valence electrons. The van der Waals surface area contributed by atoms with Crippen LogP contribution in [0.3, 0.4) is 0 Å². The van der Waals surface area contributed by atoms with Gasteiger partial charge in [-0.2, -0.15) is 20.4 Å². The molecule has 5 amide bonds. The van der Waals surface area contributed by atoms with Crippen LogP contribution in [0.4, 0.5) is 27.5 Å². The first-order valence-electron chi connectivity index (χ1n) is 46.8. The van der Waals surface area contributed by atoms with Gasteiger partial charge in [0.25, 0.3) is 23.6 Å². The number of amides is 5. The van der Waals surface area contributed by atoms with Crippen LogP contribution >= 0.6 is 0 Å². The molecule has 0 saturated carbocycles. The summed E-state index contributed by atoms with van der Waals surface area (Å²) in [6.07, 6.45) is 8.06. The number of nitrogens with zero attached hydrogens (tertiary/aromatic N) is 13. The SMILES string of the molecule is CC(C)(C)OC(=O)NC(C(=O)Nc1cn[nH]c1-c1nc2ccc(CN3CCOCC3)cc2[nH]1)c1ccccc1.CC(C)Cc1cc(C(=O)Nc2cn[nH]c2-c2nc3ccc(CN4CCOCC4)cc3[nH]2)no1.CC1(C)Cc2cccc(C(=O)Nc3cn[nH]c3-c3nc4ccc(CN5CCOCC5)cc4[nH]3)c2O1.CS(=O)(=O)c1cccc(C(=O)Nc2cn[nH]c2-c2nc3ccc(CN4CCOCC4)cc3[nH]2)c1. The van der Waals surface area contributed by atoms with E-state index in [1.165, 1.54) is 52.8 Å². The molecule has 14 heterocycles. The number of aromatic nitrogens is 17. The van der Waals surface area contributed by atoms with Crippen molar-refractivity contribution in [3.63, 3.8) is 0 Å². The average molecular weight is 1930 g/mol. The van der Waals surface area contributed by atoms with E-state index in [4.69, 9.17) is 42.9 Å². The summed E-state index contributed by atoms with van der Waals surface area (Å²) in [6.45, 7) is 30.5. The number of imidazole rings is 4. The molecular formula is C100H112N26O14S. The molecule has 0 radical (unpaired) electrons. The van der Waals surface area contributed by atoms with Crippen molar-refractivity contribution in [2.75, 3.05) is 133 Å². The van der Waals surface area contributed by atoms with Gasteiger partial charge in [-0.05, 0) is 147 Å². The Morgan fingerprint density at radius 3 is 1.27 bits per heavy atom. The Morgan fingerprint density at radius 1 is 0.468 bits per heavy atom. The lowest BCUT2D eigenvalue weighted by Gasteiger charge is -2.26. The molecule has 13 N–H and O–H groups in total. The summed E-state index contributed by atoms with van der Waals surface area (Å²) < 4.78 is 62.1. The average Bonchev–Trinajstić information content (AvgIpc) is 1.61. The number of aromatic amines is 8. The number of rotatable bonds is 25. The Balaban J connectivity index is 0.000000124. The van der Waals surface area contributed by atoms with E-state index in [1.807, 2.05) is 56.3 Å². The summed E-state index contributed by atoms with van der Waals surface area (Å²) in [4.78, 5) is 106. The van der Waals surface area contributed by atoms with E-state index < -0.39 is 39.4 Å². The van der Waals surface area contributed by atoms with Crippen LogP contribution in [-0.4, -0.2) is 266 Å². The standard InChI is InChI=1S/C28H33N7O4.C26H28N6O3.C23H27N7O3.C23H24N6O4S/c1-28(2,3)39-27(37)33-23(19-7-5-4-6-8-19)26(36)32-22-16-29-34-24(22)25-30-20-10-9-18(15-21(20)31-25)17-35-11-13-38-14-12-35;1-26(2)13-17-4-3-5-18(23(17)35-26)25(33)30-21-14-27-31-22(21)24-28-19-7-6-16(12-20(19)29-24)15-32-8-10-34-11-9-32;1-14(2)9-16-11-19(29-33-16)23(31)27-20-12-24-28-21(20)22-25-17-4-3-15(10-18(17)26-22)13-30-5-7-32-8-6-30;1-34(31,32)17-4-2-3-16(12-17)23(30)27-20-13-24-28-21(20)22-25-18-6-5-15(11-19(18)26-22)14-29-7-9-33-10-8-29/h4-10,15-16,23H,11-14,17H2,1-3H3,(H,29,34)(H,30,31)(H,32,36)(H,33,37);3-7,12,14H,8-11,13,15H2,1-2H3,(H,27,31)(H,28,29)(H,30,33);3-4,10-12,14H,5-9,13H2,1-2H3,(H,24,28)(H,25,26)(H,27,31);2-6,11-13H,7-10,14H2,1H3,(H,24,28)(H,25,26)(H,27,30). The Kier molecular flexibility index (Phi) is 29.2. The van der Waals surface area contributed by atoms with Crippen molar-refractivity contribution in [2.45, 2.75) is 110 Å². The smallest absolute Gasteiger partial charge is 0.408 e. The number of anilines is 4. The first-order chi connectivity index (χ1) is 68.1. The van der Waals surface area contributed by atoms with Gasteiger partial charge in [0.1, 0.15) is 51.5 Å². The second-order valence-corrected chi connectivity index (χ2v) is 39.2. The third-order valence-electron chi connectivity index (χ3n) is 24.0. The number of benzene rings is 7. The quantitative estimate of drug-likeness (QED) is 0.0253. The highest BCUT2D eigenvalue weighted by Crippen LogP contribution is 2.40. The predicted octanol–water partition coefficient (Wildman–Crippen LogP) is 13.4. The largest absolute Gasteiger partial charge is 0.486 e. The van der Waals surface area contributed by atoms with Gasteiger partial charge in [-0.25, -0.2) is 33.1 Å². The lowest BCUT2D eigenvalue weighted by Crippen LogP contribution is -2.40. The molecule has 40 nitrogen and oxygen atoms in total. The first kappa shape index (κ1) is 96.3. The minimum Gasteiger partial charge on any atom is -0.486 e. The van der Waals surface area contributed by atoms with Gasteiger partial charge in [0.2, 0.25) is 0 Å². The van der Waals surface area contributed by atoms with E-state index in [9.17, 15) is 32.4 Å². The summed E-state index contributed by atoms with van der Waals surface area (Å²) in [6, 6.07) is 46.0. The molecule has 41 heteroatoms. The third kappa shape index (κ3) is 24.3. The van der Waals surface area contributed by atoms with Crippen molar-refractivity contribution in [1.82, 2.24) is 111 Å². The molecule has 16 aromatic rings. The molecule has 0 bridgehead atoms. The molecule has 0 spiro atoms. The van der Waals surface area contributed by atoms with Gasteiger partial charge in [0.05, 0.1) is 155 Å². The van der Waals surface area contributed by atoms with Crippen molar-refractivity contribution in [2.24, 2.45) is 5.92 Å². The Labute approximate surface area is 810 Å². The monoisotopic (exact) mass is 1930 g/mol. The minimum atomic E-state index is -3.42. The van der Waals surface area contributed by atoms with Crippen molar-refractivity contribution >= 4 is 106 Å². The summed E-state index contributed by atoms with van der Waals surface area (Å²) in [7, 11) is -3.42. The van der Waals surface area contributed by atoms with Gasteiger partial charge in [0, 0.05) is 109 Å². The maximum absolute atomic E-state index is 13.4. The zero-order valence-corrected chi connectivity index (χ0v) is 80.2. The Hall–Kier alpha value is -15.0. The number of para-hydroxylation sites is 1. The maximum atomic E-state index is 13.4. The van der Waals surface area contributed by atoms with Gasteiger partial charge in [-0.15, -0.1) is 0 Å². The molecule has 5 aliphatic heterocycles. The molecule has 9 aromatic heterocycles. The molecule has 4 fully saturated rings. The summed E-state index contributed by atoms with van der Waals surface area (Å²) in [5.41, 5.74) is 17.5. The van der Waals surface area contributed by atoms with Crippen LogP contribution < -0.4 is 31.3 Å². The number of hydrogen-bond acceptors (Lipinski definition) is 27. The van der Waals surface area contributed by atoms with Crippen LogP contribution in [0, 0.1) is 5.92 Å². The summed E-state index contributed by atoms with van der Waals surface area (Å²) in [5, 5.41) is 46.2. The number of carbonyl (C=O) groups is 5. The highest BCUT2D eigenvalue weighted by atomic mass is 32.2. The van der Waals surface area contributed by atoms with Crippen LogP contribution in [0.1, 0.15) is 125 Å². The lowest BCUT2D eigenvalue weighted by atomic mass is 10.0. The molecule has 1 atom stereocenters. The third-order valence-corrected chi connectivity index (χ3v) is 25.2. The fourth-order valence-corrected chi connectivity index (χ4v) is 17.8. The maximum Gasteiger partial charge on any atom is 0.408 e. The van der Waals surface area contributed by atoms with Gasteiger partial charge < -0.3 is 79.5 Å². The number of carbonyl (C=O) groups excluding carboxylic acids is 5. The second-order valence-electron chi connectivity index (χ2n) is 37.2. The normalized spacial score (nSPS) is 15.6. The highest BCUT2D eigenvalue weighted by Gasteiger charge is 2.35. The lowest BCUT2D eigenvalue weighted by molar-refractivity contribution is -0.118. The van der Waals surface area contributed by atoms with Crippen LogP contribution in [0.15, 0.2) is 186 Å². The fourth-order valence-electron chi connectivity index (χ4n) is 17.1. The number of sulfone groups is 1. The van der Waals surface area contributed by atoms with Gasteiger partial charge in [0.15, 0.2) is 38.8 Å². The van der Waals surface area contributed by atoms with E-state index in [0.29, 0.717) is 97.4 Å². The molecular weight excluding hydrogens is 1820 g/mol. The minimum absolute atomic E-state index is 0.0812. The molecule has 1 unspecified atom stereocenters. The number of fused-ring (bicyclic) bond motifs is 5. The van der Waals surface area contributed by atoms with E-state index in [2.05, 4.69) is 184 Å². The number of ether oxygens (including phenoxy) is 6. The first-order valence-corrected chi connectivity index (χ1v) is 48.7. The topological polar surface area (TPSA) is 503 Å². The molecule has 5 aliphatic rings. The zero-order valence-electron chi connectivity index (χ0n) is 79.4. The number of H-pyrrole nitrogens is 8. The van der Waals surface area contributed by atoms with Gasteiger partial charge >= 0.3 is 6.09 Å². The number of nitrogens with one attached hydrogen (secondary N) is 13.